The van der Waals surface area contributed by atoms with Gasteiger partial charge in [0.05, 0.1) is 5.69 Å². The highest BCUT2D eigenvalue weighted by molar-refractivity contribution is 5.47. The van der Waals surface area contributed by atoms with E-state index in [4.69, 9.17) is 0 Å². The summed E-state index contributed by atoms with van der Waals surface area (Å²) in [5.41, 5.74) is 1.22. The molecular weight excluding hydrogens is 224 g/mol. The Morgan fingerprint density at radius 1 is 1.12 bits per heavy atom. The Morgan fingerprint density at radius 3 is 2.53 bits per heavy atom. The van der Waals surface area contributed by atoms with Gasteiger partial charge in [-0.1, -0.05) is 0 Å². The molecule has 88 valence electrons. The van der Waals surface area contributed by atoms with Gasteiger partial charge in [0.1, 0.15) is 18.0 Å². The lowest BCUT2D eigenvalue weighted by Gasteiger charge is -2.08. The quantitative estimate of drug-likeness (QED) is 0.888. The average molecular weight is 235 g/mol. The molecule has 0 unspecified atom stereocenters. The minimum atomic E-state index is -0.472. The predicted molar refractivity (Wildman–Crippen MR) is 60.5 cm³/mol. The molecule has 2 rings (SSSR count). The Morgan fingerprint density at radius 2 is 1.82 bits per heavy atom. The fraction of sp³-hybridized carbons (Fsp3) is 0.167. The third kappa shape index (κ3) is 2.75. The van der Waals surface area contributed by atoms with E-state index in [9.17, 15) is 8.78 Å². The molecule has 0 atom stereocenters. The molecule has 0 saturated carbocycles. The van der Waals surface area contributed by atoms with Crippen LogP contribution in [0.1, 0.15) is 11.1 Å². The molecule has 1 aromatic carbocycles. The fourth-order valence-corrected chi connectivity index (χ4v) is 1.40. The smallest absolute Gasteiger partial charge is 0.146 e. The van der Waals surface area contributed by atoms with Crippen LogP contribution in [0.15, 0.2) is 30.9 Å². The molecule has 0 saturated heterocycles. The van der Waals surface area contributed by atoms with Crippen LogP contribution in [0.4, 0.5) is 14.5 Å². The summed E-state index contributed by atoms with van der Waals surface area (Å²) in [7, 11) is 0. The Hall–Kier alpha value is -2.04. The van der Waals surface area contributed by atoms with Crippen LogP contribution in [0, 0.1) is 18.6 Å². The number of rotatable bonds is 3. The molecule has 1 N–H and O–H groups in total. The van der Waals surface area contributed by atoms with Crippen LogP contribution in [0.25, 0.3) is 0 Å². The zero-order chi connectivity index (χ0) is 12.3. The van der Waals surface area contributed by atoms with Gasteiger partial charge in [0, 0.05) is 30.6 Å². The van der Waals surface area contributed by atoms with Crippen molar-refractivity contribution in [1.82, 2.24) is 9.97 Å². The molecule has 2 aromatic rings. The fourth-order valence-electron chi connectivity index (χ4n) is 1.40. The molecule has 0 bridgehead atoms. The Bertz CT molecular complexity index is 515. The van der Waals surface area contributed by atoms with Crippen LogP contribution in [0.2, 0.25) is 0 Å². The number of aromatic nitrogens is 2. The average Bonchev–Trinajstić information content (AvgIpc) is 2.33. The first-order valence-electron chi connectivity index (χ1n) is 5.10. The Labute approximate surface area is 97.5 Å². The van der Waals surface area contributed by atoms with Crippen molar-refractivity contribution >= 4 is 5.69 Å². The zero-order valence-electron chi connectivity index (χ0n) is 9.24. The molecule has 0 spiro atoms. The molecule has 1 heterocycles. The molecule has 17 heavy (non-hydrogen) atoms. The van der Waals surface area contributed by atoms with Crippen LogP contribution in [0.5, 0.6) is 0 Å². The zero-order valence-corrected chi connectivity index (χ0v) is 9.24. The van der Waals surface area contributed by atoms with Gasteiger partial charge in [-0.15, -0.1) is 0 Å². The SMILES string of the molecule is Cc1cc(F)c(NCc2cncnc2)cc1F. The maximum atomic E-state index is 13.5. The van der Waals surface area contributed by atoms with Gasteiger partial charge in [-0.05, 0) is 18.6 Å². The van der Waals surface area contributed by atoms with Crippen molar-refractivity contribution in [1.29, 1.82) is 0 Å². The Kier molecular flexibility index (Phi) is 3.27. The lowest BCUT2D eigenvalue weighted by atomic mass is 10.2. The van der Waals surface area contributed by atoms with Crippen molar-refractivity contribution < 1.29 is 8.78 Å². The molecule has 0 fully saturated rings. The van der Waals surface area contributed by atoms with E-state index in [1.165, 1.54) is 19.3 Å². The van der Waals surface area contributed by atoms with Gasteiger partial charge in [-0.25, -0.2) is 18.7 Å². The van der Waals surface area contributed by atoms with E-state index in [0.29, 0.717) is 6.54 Å². The third-order valence-corrected chi connectivity index (χ3v) is 2.35. The van der Waals surface area contributed by atoms with E-state index < -0.39 is 11.6 Å². The summed E-state index contributed by atoms with van der Waals surface area (Å²) in [5.74, 6) is -0.904. The van der Waals surface area contributed by atoms with Gasteiger partial charge in [0.2, 0.25) is 0 Å². The minimum absolute atomic E-state index is 0.136. The van der Waals surface area contributed by atoms with Crippen LogP contribution >= 0.6 is 0 Å². The Balaban J connectivity index is 2.12. The van der Waals surface area contributed by atoms with Crippen molar-refractivity contribution in [3.05, 3.63) is 53.6 Å². The second-order valence-electron chi connectivity index (χ2n) is 3.68. The van der Waals surface area contributed by atoms with E-state index in [-0.39, 0.29) is 11.3 Å². The van der Waals surface area contributed by atoms with Gasteiger partial charge in [-0.3, -0.25) is 0 Å². The van der Waals surface area contributed by atoms with Crippen molar-refractivity contribution in [3.8, 4) is 0 Å². The van der Waals surface area contributed by atoms with Crippen LogP contribution in [0.3, 0.4) is 0 Å². The van der Waals surface area contributed by atoms with Crippen molar-refractivity contribution in [2.24, 2.45) is 0 Å². The first-order valence-corrected chi connectivity index (χ1v) is 5.10. The number of benzene rings is 1. The van der Waals surface area contributed by atoms with Crippen molar-refractivity contribution in [2.75, 3.05) is 5.32 Å². The predicted octanol–water partition coefficient (Wildman–Crippen LogP) is 2.68. The monoisotopic (exact) mass is 235 g/mol. The summed E-state index contributed by atoms with van der Waals surface area (Å²) >= 11 is 0. The first kappa shape index (κ1) is 11.4. The number of nitrogens with one attached hydrogen (secondary N) is 1. The minimum Gasteiger partial charge on any atom is -0.378 e. The maximum absolute atomic E-state index is 13.5. The summed E-state index contributed by atoms with van der Waals surface area (Å²) in [6.45, 7) is 1.87. The second kappa shape index (κ2) is 4.86. The van der Waals surface area contributed by atoms with E-state index in [0.717, 1.165) is 11.6 Å². The lowest BCUT2D eigenvalue weighted by molar-refractivity contribution is 0.594. The van der Waals surface area contributed by atoms with E-state index in [1.54, 1.807) is 12.4 Å². The van der Waals surface area contributed by atoms with Gasteiger partial charge < -0.3 is 5.32 Å². The third-order valence-electron chi connectivity index (χ3n) is 2.35. The summed E-state index contributed by atoms with van der Waals surface area (Å²) < 4.78 is 26.7. The number of hydrogen-bond acceptors (Lipinski definition) is 3. The van der Waals surface area contributed by atoms with Gasteiger partial charge in [0.15, 0.2) is 0 Å². The van der Waals surface area contributed by atoms with Gasteiger partial charge in [0.25, 0.3) is 0 Å². The maximum Gasteiger partial charge on any atom is 0.146 e. The normalized spacial score (nSPS) is 10.3. The first-order chi connectivity index (χ1) is 8.16. The highest BCUT2D eigenvalue weighted by Crippen LogP contribution is 2.19. The number of hydrogen-bond donors (Lipinski definition) is 1. The second-order valence-corrected chi connectivity index (χ2v) is 3.68. The van der Waals surface area contributed by atoms with E-state index >= 15 is 0 Å². The highest BCUT2D eigenvalue weighted by atomic mass is 19.1. The summed E-state index contributed by atoms with van der Waals surface area (Å²) in [4.78, 5) is 7.66. The number of anilines is 1. The molecule has 0 aliphatic heterocycles. The topological polar surface area (TPSA) is 37.8 Å². The number of halogens is 2. The standard InChI is InChI=1S/C12H11F2N3/c1-8-2-11(14)12(3-10(8)13)17-6-9-4-15-7-16-5-9/h2-5,7,17H,6H2,1H3. The molecule has 0 amide bonds. The molecule has 5 heteroatoms. The lowest BCUT2D eigenvalue weighted by Crippen LogP contribution is -2.03. The molecule has 0 aliphatic rings. The van der Waals surface area contributed by atoms with E-state index in [2.05, 4.69) is 15.3 Å². The van der Waals surface area contributed by atoms with Gasteiger partial charge in [-0.2, -0.15) is 0 Å². The van der Waals surface area contributed by atoms with Gasteiger partial charge >= 0.3 is 0 Å². The summed E-state index contributed by atoms with van der Waals surface area (Å²) in [6, 6.07) is 2.31. The largest absolute Gasteiger partial charge is 0.378 e. The van der Waals surface area contributed by atoms with E-state index in [1.807, 2.05) is 0 Å². The molecule has 3 nitrogen and oxygen atoms in total. The molecule has 0 aliphatic carbocycles. The molecular formula is C12H11F2N3. The number of aryl methyl sites for hydroxylation is 1. The van der Waals surface area contributed by atoms with Crippen molar-refractivity contribution in [3.63, 3.8) is 0 Å². The van der Waals surface area contributed by atoms with Crippen LogP contribution in [-0.2, 0) is 6.54 Å². The van der Waals surface area contributed by atoms with Crippen LogP contribution in [-0.4, -0.2) is 9.97 Å². The highest BCUT2D eigenvalue weighted by Gasteiger charge is 2.06. The summed E-state index contributed by atoms with van der Waals surface area (Å²) in [5, 5.41) is 2.80. The summed E-state index contributed by atoms with van der Waals surface area (Å²) in [6.07, 6.45) is 4.64. The van der Waals surface area contributed by atoms with Crippen molar-refractivity contribution in [2.45, 2.75) is 13.5 Å². The number of nitrogens with zero attached hydrogens (tertiary/aromatic N) is 2. The molecule has 1 aromatic heterocycles. The molecule has 0 radical (unpaired) electrons. The van der Waals surface area contributed by atoms with Crippen LogP contribution < -0.4 is 5.32 Å².